The third kappa shape index (κ3) is 12.1. The van der Waals surface area contributed by atoms with Gasteiger partial charge < -0.3 is 37.1 Å². The number of unbranched alkanes of at least 4 members (excludes halogenated alkanes) is 7. The molecule has 0 amide bonds. The number of benzene rings is 2. The molecule has 9 nitrogen and oxygen atoms in total. The van der Waals surface area contributed by atoms with Gasteiger partial charge in [0.1, 0.15) is 5.82 Å². The first-order chi connectivity index (χ1) is 21.4. The van der Waals surface area contributed by atoms with Crippen molar-refractivity contribution < 1.29 is 20.1 Å². The van der Waals surface area contributed by atoms with Crippen molar-refractivity contribution in [1.29, 1.82) is 0 Å². The standard InChI is InChI=1S/C35H51N5O4/c36-35(37)40-32(20-23-42)30(25-34(43)44)31(39-33-15-11-21-38-33)19-18-27(12-7-5-3-1-2-4-6-10-22-41)29-17-16-26-13-8-9-14-28(26)24-29/h8-9,11,13-17,21,24-25,27,31-32,38-39,41-42H,1-7,10,12,18-20,22-23H2,(H,43,44)(H4,36,37,40)/b30-25-/t27-,31-,32-/m0/s1. The van der Waals surface area contributed by atoms with Gasteiger partial charge in [-0.1, -0.05) is 87.4 Å². The molecule has 0 aliphatic carbocycles. The van der Waals surface area contributed by atoms with E-state index in [9.17, 15) is 15.0 Å². The molecule has 240 valence electrons. The van der Waals surface area contributed by atoms with Crippen molar-refractivity contribution >= 4 is 28.5 Å². The van der Waals surface area contributed by atoms with E-state index < -0.39 is 12.0 Å². The first-order valence-electron chi connectivity index (χ1n) is 16.0. The van der Waals surface area contributed by atoms with Gasteiger partial charge in [0.15, 0.2) is 5.96 Å². The number of hydrogen-bond donors (Lipinski definition) is 7. The van der Waals surface area contributed by atoms with Gasteiger partial charge in [0.05, 0.1) is 12.1 Å². The molecule has 0 fully saturated rings. The number of guanidine groups is 1. The Labute approximate surface area is 261 Å². The largest absolute Gasteiger partial charge is 0.478 e. The minimum atomic E-state index is -1.09. The molecule has 3 atom stereocenters. The van der Waals surface area contributed by atoms with E-state index >= 15 is 0 Å². The molecule has 0 aliphatic heterocycles. The molecular weight excluding hydrogens is 554 g/mol. The zero-order chi connectivity index (χ0) is 31.6. The highest BCUT2D eigenvalue weighted by atomic mass is 16.4. The highest BCUT2D eigenvalue weighted by Gasteiger charge is 2.26. The van der Waals surface area contributed by atoms with Gasteiger partial charge >= 0.3 is 5.97 Å². The predicted molar refractivity (Wildman–Crippen MR) is 180 cm³/mol. The molecule has 3 aromatic rings. The number of aliphatic hydroxyl groups is 2. The third-order valence-corrected chi connectivity index (χ3v) is 8.22. The molecule has 0 aliphatic rings. The lowest BCUT2D eigenvalue weighted by atomic mass is 9.84. The molecule has 0 spiro atoms. The van der Waals surface area contributed by atoms with Gasteiger partial charge in [-0.25, -0.2) is 9.79 Å². The quantitative estimate of drug-likeness (QED) is 0.0316. The number of aliphatic carboxylic acids is 1. The number of nitrogens with two attached hydrogens (primary N) is 2. The molecule has 0 unspecified atom stereocenters. The van der Waals surface area contributed by atoms with Gasteiger partial charge in [0.25, 0.3) is 0 Å². The molecule has 0 saturated carbocycles. The molecular formula is C35H51N5O4. The molecule has 9 heteroatoms. The maximum absolute atomic E-state index is 12.0. The molecule has 3 rings (SSSR count). The number of nitrogens with zero attached hydrogens (tertiary/aromatic N) is 1. The Balaban J connectivity index is 1.82. The number of H-pyrrole nitrogens is 1. The van der Waals surface area contributed by atoms with Crippen LogP contribution < -0.4 is 16.8 Å². The number of aromatic amines is 1. The maximum Gasteiger partial charge on any atom is 0.328 e. The summed E-state index contributed by atoms with van der Waals surface area (Å²) in [5.74, 6) is -0.196. The fourth-order valence-corrected chi connectivity index (χ4v) is 5.98. The number of aliphatic hydroxyl groups excluding tert-OH is 2. The van der Waals surface area contributed by atoms with Gasteiger partial charge in [-0.3, -0.25) is 0 Å². The number of hydrogen-bond acceptors (Lipinski definition) is 5. The van der Waals surface area contributed by atoms with Crippen LogP contribution >= 0.6 is 0 Å². The smallest absolute Gasteiger partial charge is 0.328 e. The van der Waals surface area contributed by atoms with Crippen LogP contribution in [0.3, 0.4) is 0 Å². The van der Waals surface area contributed by atoms with E-state index in [2.05, 4.69) is 57.8 Å². The number of anilines is 1. The van der Waals surface area contributed by atoms with E-state index in [0.717, 1.165) is 37.9 Å². The zero-order valence-electron chi connectivity index (χ0n) is 25.8. The average molecular weight is 606 g/mol. The average Bonchev–Trinajstić information content (AvgIpc) is 3.52. The summed E-state index contributed by atoms with van der Waals surface area (Å²) < 4.78 is 0. The summed E-state index contributed by atoms with van der Waals surface area (Å²) in [6.45, 7) is 0.0935. The summed E-state index contributed by atoms with van der Waals surface area (Å²) in [4.78, 5) is 19.5. The van der Waals surface area contributed by atoms with Crippen LogP contribution in [0.1, 0.15) is 88.5 Å². The van der Waals surface area contributed by atoms with E-state index in [-0.39, 0.29) is 37.6 Å². The van der Waals surface area contributed by atoms with Crippen LogP contribution in [0.15, 0.2) is 77.4 Å². The fourth-order valence-electron chi connectivity index (χ4n) is 5.98. The Kier molecular flexibility index (Phi) is 15.3. The second kappa shape index (κ2) is 19.5. The number of aliphatic imine (C=N–C) groups is 1. The Bertz CT molecular complexity index is 1300. The summed E-state index contributed by atoms with van der Waals surface area (Å²) in [5.41, 5.74) is 13.3. The van der Waals surface area contributed by atoms with Crippen molar-refractivity contribution in [3.8, 4) is 0 Å². The predicted octanol–water partition coefficient (Wildman–Crippen LogP) is 6.05. The lowest BCUT2D eigenvalue weighted by Gasteiger charge is -2.28. The number of carboxylic acid groups (broad SMARTS) is 1. The van der Waals surface area contributed by atoms with E-state index in [0.29, 0.717) is 12.0 Å². The van der Waals surface area contributed by atoms with Crippen LogP contribution in [0.4, 0.5) is 5.82 Å². The molecule has 1 aromatic heterocycles. The van der Waals surface area contributed by atoms with Crippen LogP contribution in [0.5, 0.6) is 0 Å². The van der Waals surface area contributed by atoms with Gasteiger partial charge in [-0.2, -0.15) is 0 Å². The van der Waals surface area contributed by atoms with Crippen LogP contribution in [-0.4, -0.2) is 57.5 Å². The fraction of sp³-hybridized carbons (Fsp3) is 0.486. The van der Waals surface area contributed by atoms with E-state index in [1.807, 2.05) is 18.3 Å². The van der Waals surface area contributed by atoms with Crippen LogP contribution in [0, 0.1) is 0 Å². The monoisotopic (exact) mass is 605 g/mol. The Morgan fingerprint density at radius 2 is 1.52 bits per heavy atom. The van der Waals surface area contributed by atoms with E-state index in [1.165, 1.54) is 54.5 Å². The van der Waals surface area contributed by atoms with Crippen molar-refractivity contribution in [3.05, 3.63) is 78.0 Å². The Hall–Kier alpha value is -3.82. The maximum atomic E-state index is 12.0. The second-order valence-corrected chi connectivity index (χ2v) is 11.6. The van der Waals surface area contributed by atoms with E-state index in [1.54, 1.807) is 0 Å². The second-order valence-electron chi connectivity index (χ2n) is 11.6. The van der Waals surface area contributed by atoms with Crippen molar-refractivity contribution in [1.82, 2.24) is 4.98 Å². The van der Waals surface area contributed by atoms with Crippen LogP contribution in [0.2, 0.25) is 0 Å². The van der Waals surface area contributed by atoms with Gasteiger partial charge in [0.2, 0.25) is 0 Å². The lowest BCUT2D eigenvalue weighted by molar-refractivity contribution is -0.131. The number of nitrogens with one attached hydrogen (secondary N) is 2. The normalized spacial score (nSPS) is 13.8. The summed E-state index contributed by atoms with van der Waals surface area (Å²) >= 11 is 0. The third-order valence-electron chi connectivity index (χ3n) is 8.22. The number of carbonyl (C=O) groups is 1. The molecule has 0 bridgehead atoms. The molecule has 0 radical (unpaired) electrons. The summed E-state index contributed by atoms with van der Waals surface area (Å²) in [6.07, 6.45) is 14.8. The zero-order valence-corrected chi connectivity index (χ0v) is 25.8. The minimum absolute atomic E-state index is 0.152. The van der Waals surface area contributed by atoms with Crippen molar-refractivity contribution in [3.63, 3.8) is 0 Å². The number of rotatable bonds is 22. The number of carboxylic acids is 1. The summed E-state index contributed by atoms with van der Waals surface area (Å²) in [7, 11) is 0. The molecule has 1 heterocycles. The number of fused-ring (bicyclic) bond motifs is 1. The Morgan fingerprint density at radius 3 is 2.16 bits per heavy atom. The number of aromatic nitrogens is 1. The van der Waals surface area contributed by atoms with Gasteiger partial charge in [0, 0.05) is 25.5 Å². The molecule has 44 heavy (non-hydrogen) atoms. The topological polar surface area (TPSA) is 170 Å². The summed E-state index contributed by atoms with van der Waals surface area (Å²) in [5, 5.41) is 34.5. The molecule has 2 aromatic carbocycles. The summed E-state index contributed by atoms with van der Waals surface area (Å²) in [6, 6.07) is 17.8. The SMILES string of the molecule is NC(N)=N[C@@H](CCO)/C(=C\C(=O)O)[C@H](CC[C@H](CCCCCCCCCCO)c1ccc2ccccc2c1)Nc1ccc[nH]1. The van der Waals surface area contributed by atoms with Crippen molar-refractivity contribution in [2.75, 3.05) is 18.5 Å². The van der Waals surface area contributed by atoms with Gasteiger partial charge in [-0.05, 0) is 72.1 Å². The first-order valence-corrected chi connectivity index (χ1v) is 16.0. The van der Waals surface area contributed by atoms with E-state index in [4.69, 9.17) is 16.6 Å². The van der Waals surface area contributed by atoms with Crippen LogP contribution in [-0.2, 0) is 4.79 Å². The highest BCUT2D eigenvalue weighted by Crippen LogP contribution is 2.33. The van der Waals surface area contributed by atoms with Gasteiger partial charge in [-0.15, -0.1) is 0 Å². The van der Waals surface area contributed by atoms with Crippen molar-refractivity contribution in [2.45, 2.75) is 95.1 Å². The Morgan fingerprint density at radius 1 is 0.818 bits per heavy atom. The van der Waals surface area contributed by atoms with Crippen molar-refractivity contribution in [2.24, 2.45) is 16.5 Å². The lowest BCUT2D eigenvalue weighted by Crippen LogP contribution is -2.33. The molecule has 9 N–H and O–H groups in total. The highest BCUT2D eigenvalue weighted by molar-refractivity contribution is 5.83. The minimum Gasteiger partial charge on any atom is -0.478 e. The van der Waals surface area contributed by atoms with Crippen LogP contribution in [0.25, 0.3) is 10.8 Å². The first kappa shape index (κ1) is 34.7. The molecule has 0 saturated heterocycles.